The highest BCUT2D eigenvalue weighted by Gasteiger charge is 2.29. The van der Waals surface area contributed by atoms with Gasteiger partial charge in [0.05, 0.1) is 5.92 Å². The first kappa shape index (κ1) is 12.0. The molecule has 2 unspecified atom stereocenters. The zero-order valence-corrected chi connectivity index (χ0v) is 10.7. The molecule has 1 heterocycles. The SMILES string of the molecule is O=C(O)C1CN/C2=c3\ccccc3=CC=CCC2C1. The fourth-order valence-corrected chi connectivity index (χ4v) is 2.94. The molecule has 3 heteroatoms. The molecule has 1 aliphatic carbocycles. The van der Waals surface area contributed by atoms with E-state index in [2.05, 4.69) is 35.7 Å². The van der Waals surface area contributed by atoms with E-state index in [1.165, 1.54) is 16.1 Å². The summed E-state index contributed by atoms with van der Waals surface area (Å²) in [6.45, 7) is 0.527. The van der Waals surface area contributed by atoms with Crippen molar-refractivity contribution in [3.05, 3.63) is 46.9 Å². The number of carboxylic acid groups (broad SMARTS) is 1. The van der Waals surface area contributed by atoms with E-state index in [1.807, 2.05) is 12.1 Å². The lowest BCUT2D eigenvalue weighted by atomic mass is 9.84. The first-order valence-corrected chi connectivity index (χ1v) is 6.68. The molecule has 19 heavy (non-hydrogen) atoms. The lowest BCUT2D eigenvalue weighted by Crippen LogP contribution is -2.43. The summed E-state index contributed by atoms with van der Waals surface area (Å²) in [5.41, 5.74) is 1.20. The predicted molar refractivity (Wildman–Crippen MR) is 74.6 cm³/mol. The van der Waals surface area contributed by atoms with Crippen molar-refractivity contribution in [1.29, 1.82) is 0 Å². The summed E-state index contributed by atoms with van der Waals surface area (Å²) in [6.07, 6.45) is 7.93. The molecule has 2 aliphatic rings. The Kier molecular flexibility index (Phi) is 3.11. The lowest BCUT2D eigenvalue weighted by molar-refractivity contribution is -0.142. The third-order valence-electron chi connectivity index (χ3n) is 3.95. The van der Waals surface area contributed by atoms with Gasteiger partial charge >= 0.3 is 5.97 Å². The normalized spacial score (nSPS) is 28.0. The van der Waals surface area contributed by atoms with Crippen LogP contribution in [0.4, 0.5) is 0 Å². The van der Waals surface area contributed by atoms with Crippen LogP contribution in [0.3, 0.4) is 0 Å². The Morgan fingerprint density at radius 1 is 1.32 bits per heavy atom. The molecule has 1 fully saturated rings. The van der Waals surface area contributed by atoms with Crippen LogP contribution in [0.25, 0.3) is 11.8 Å². The summed E-state index contributed by atoms with van der Waals surface area (Å²) in [5, 5.41) is 14.9. The molecular weight excluding hydrogens is 238 g/mol. The molecule has 1 aromatic carbocycles. The van der Waals surface area contributed by atoms with E-state index < -0.39 is 5.97 Å². The average Bonchev–Trinajstić information content (AvgIpc) is 2.41. The van der Waals surface area contributed by atoms with Crippen molar-refractivity contribution in [2.75, 3.05) is 6.54 Å². The van der Waals surface area contributed by atoms with Crippen LogP contribution in [0.1, 0.15) is 12.8 Å². The van der Waals surface area contributed by atoms with Gasteiger partial charge in [-0.25, -0.2) is 0 Å². The number of piperidine rings is 1. The number of hydrogen-bond acceptors (Lipinski definition) is 2. The van der Waals surface area contributed by atoms with Crippen molar-refractivity contribution in [1.82, 2.24) is 5.32 Å². The minimum atomic E-state index is -0.697. The number of nitrogens with one attached hydrogen (secondary N) is 1. The van der Waals surface area contributed by atoms with Gasteiger partial charge in [-0.05, 0) is 18.1 Å². The highest BCUT2D eigenvalue weighted by molar-refractivity contribution is 5.71. The summed E-state index contributed by atoms with van der Waals surface area (Å²) in [6, 6.07) is 8.28. The van der Waals surface area contributed by atoms with Gasteiger partial charge in [0.1, 0.15) is 0 Å². The molecule has 0 bridgehead atoms. The number of hydrogen-bond donors (Lipinski definition) is 2. The van der Waals surface area contributed by atoms with Crippen molar-refractivity contribution in [2.45, 2.75) is 12.8 Å². The number of carboxylic acids is 1. The van der Waals surface area contributed by atoms with Gasteiger partial charge in [0.25, 0.3) is 0 Å². The summed E-state index contributed by atoms with van der Waals surface area (Å²) >= 11 is 0. The Morgan fingerprint density at radius 3 is 3.00 bits per heavy atom. The van der Waals surface area contributed by atoms with E-state index >= 15 is 0 Å². The largest absolute Gasteiger partial charge is 0.481 e. The van der Waals surface area contributed by atoms with Crippen LogP contribution in [0.5, 0.6) is 0 Å². The van der Waals surface area contributed by atoms with Gasteiger partial charge in [0.2, 0.25) is 0 Å². The van der Waals surface area contributed by atoms with E-state index in [1.54, 1.807) is 0 Å². The maximum absolute atomic E-state index is 11.2. The fourth-order valence-electron chi connectivity index (χ4n) is 2.94. The van der Waals surface area contributed by atoms with Gasteiger partial charge in [-0.3, -0.25) is 4.79 Å². The number of aliphatic carboxylic acids is 1. The Labute approximate surface area is 112 Å². The zero-order chi connectivity index (χ0) is 13.2. The topological polar surface area (TPSA) is 49.3 Å². The van der Waals surface area contributed by atoms with Crippen LogP contribution in [0.15, 0.2) is 36.4 Å². The fraction of sp³-hybridized carbons (Fsp3) is 0.312. The quantitative estimate of drug-likeness (QED) is 0.782. The molecule has 1 saturated heterocycles. The van der Waals surface area contributed by atoms with Crippen LogP contribution >= 0.6 is 0 Å². The molecule has 2 atom stereocenters. The third kappa shape index (κ3) is 2.28. The van der Waals surface area contributed by atoms with Crippen LogP contribution in [-0.4, -0.2) is 17.6 Å². The van der Waals surface area contributed by atoms with Gasteiger partial charge in [0, 0.05) is 23.4 Å². The summed E-state index contributed by atoms with van der Waals surface area (Å²) in [7, 11) is 0. The Morgan fingerprint density at radius 2 is 2.16 bits per heavy atom. The number of fused-ring (bicyclic) bond motifs is 2. The van der Waals surface area contributed by atoms with Gasteiger partial charge in [0.15, 0.2) is 0 Å². The minimum Gasteiger partial charge on any atom is -0.481 e. The summed E-state index contributed by atoms with van der Waals surface area (Å²) in [5.74, 6) is -0.698. The number of carbonyl (C=O) groups is 1. The molecule has 1 aliphatic heterocycles. The van der Waals surface area contributed by atoms with E-state index in [0.29, 0.717) is 6.54 Å². The Balaban J connectivity index is 2.11. The molecule has 0 aromatic heterocycles. The predicted octanol–water partition coefficient (Wildman–Crippen LogP) is 0.845. The molecule has 98 valence electrons. The van der Waals surface area contributed by atoms with E-state index in [-0.39, 0.29) is 11.8 Å². The first-order valence-electron chi connectivity index (χ1n) is 6.68. The Bertz CT molecular complexity index is 645. The van der Waals surface area contributed by atoms with Crippen molar-refractivity contribution >= 4 is 17.7 Å². The molecule has 0 radical (unpaired) electrons. The van der Waals surface area contributed by atoms with Gasteiger partial charge < -0.3 is 10.4 Å². The lowest BCUT2D eigenvalue weighted by Gasteiger charge is -2.31. The van der Waals surface area contributed by atoms with E-state index in [9.17, 15) is 9.90 Å². The van der Waals surface area contributed by atoms with Gasteiger partial charge in [-0.2, -0.15) is 0 Å². The Hall–Kier alpha value is -2.03. The second-order valence-corrected chi connectivity index (χ2v) is 5.18. The van der Waals surface area contributed by atoms with Gasteiger partial charge in [-0.1, -0.05) is 42.5 Å². The summed E-state index contributed by atoms with van der Waals surface area (Å²) in [4.78, 5) is 11.2. The monoisotopic (exact) mass is 255 g/mol. The van der Waals surface area contributed by atoms with Crippen molar-refractivity contribution in [3.8, 4) is 0 Å². The second kappa shape index (κ2) is 4.92. The molecule has 0 saturated carbocycles. The number of allylic oxidation sites excluding steroid dienone is 2. The zero-order valence-electron chi connectivity index (χ0n) is 10.7. The standard InChI is InChI=1S/C16H17NO2/c18-16(19)13-9-12-7-2-1-5-11-6-3-4-8-14(11)15(12)17-10-13/h1-6,8,12-13,17H,7,9-10H2,(H,18,19)/b2-1?,11-5?,15-14+. The number of benzene rings is 1. The summed E-state index contributed by atoms with van der Waals surface area (Å²) < 4.78 is 0. The van der Waals surface area contributed by atoms with Crippen LogP contribution in [0.2, 0.25) is 0 Å². The molecule has 2 N–H and O–H groups in total. The number of rotatable bonds is 1. The molecule has 0 spiro atoms. The van der Waals surface area contributed by atoms with E-state index in [4.69, 9.17) is 0 Å². The second-order valence-electron chi connectivity index (χ2n) is 5.18. The molecule has 3 nitrogen and oxygen atoms in total. The van der Waals surface area contributed by atoms with Crippen LogP contribution in [0, 0.1) is 11.8 Å². The molecular formula is C16H17NO2. The molecule has 3 rings (SSSR count). The van der Waals surface area contributed by atoms with Crippen molar-refractivity contribution in [2.24, 2.45) is 11.8 Å². The first-order chi connectivity index (χ1) is 9.25. The van der Waals surface area contributed by atoms with Crippen LogP contribution in [-0.2, 0) is 4.79 Å². The highest BCUT2D eigenvalue weighted by atomic mass is 16.4. The maximum Gasteiger partial charge on any atom is 0.308 e. The molecule has 0 amide bonds. The highest BCUT2D eigenvalue weighted by Crippen LogP contribution is 2.27. The maximum atomic E-state index is 11.2. The van der Waals surface area contributed by atoms with Crippen molar-refractivity contribution in [3.63, 3.8) is 0 Å². The van der Waals surface area contributed by atoms with E-state index in [0.717, 1.165) is 12.8 Å². The minimum absolute atomic E-state index is 0.279. The molecule has 1 aromatic rings. The van der Waals surface area contributed by atoms with Crippen molar-refractivity contribution < 1.29 is 9.90 Å². The smallest absolute Gasteiger partial charge is 0.308 e. The van der Waals surface area contributed by atoms with Crippen LogP contribution < -0.4 is 15.8 Å². The van der Waals surface area contributed by atoms with Gasteiger partial charge in [-0.15, -0.1) is 0 Å². The third-order valence-corrected chi connectivity index (χ3v) is 3.95. The average molecular weight is 255 g/mol.